The summed E-state index contributed by atoms with van der Waals surface area (Å²) in [5, 5.41) is 12.5. The molecular formula is C15H19N3O3. The summed E-state index contributed by atoms with van der Waals surface area (Å²) in [7, 11) is 1.84. The monoisotopic (exact) mass is 289 g/mol. The smallest absolute Gasteiger partial charge is 0.320 e. The number of nitrogens with zero attached hydrogens (tertiary/aromatic N) is 1. The minimum Gasteiger partial charge on any atom is -0.480 e. The molecule has 6 heteroatoms. The number of carbonyl (C=O) groups is 2. The minimum absolute atomic E-state index is 0.169. The van der Waals surface area contributed by atoms with E-state index in [1.165, 1.54) is 0 Å². The van der Waals surface area contributed by atoms with Crippen LogP contribution in [-0.4, -0.2) is 34.1 Å². The van der Waals surface area contributed by atoms with Crippen LogP contribution in [0.5, 0.6) is 0 Å². The van der Waals surface area contributed by atoms with Crippen molar-refractivity contribution in [3.05, 3.63) is 36.0 Å². The first kappa shape index (κ1) is 15.1. The molecule has 0 saturated heterocycles. The van der Waals surface area contributed by atoms with E-state index in [9.17, 15) is 9.59 Å². The van der Waals surface area contributed by atoms with Crippen LogP contribution in [0.3, 0.4) is 0 Å². The van der Waals surface area contributed by atoms with E-state index in [0.717, 1.165) is 10.9 Å². The van der Waals surface area contributed by atoms with Crippen LogP contribution in [0, 0.1) is 0 Å². The molecule has 1 atom stereocenters. The van der Waals surface area contributed by atoms with Crippen molar-refractivity contribution in [2.24, 2.45) is 12.8 Å². The topological polar surface area (TPSA) is 97.4 Å². The highest BCUT2D eigenvalue weighted by Crippen LogP contribution is 2.18. The van der Waals surface area contributed by atoms with Gasteiger partial charge < -0.3 is 20.7 Å². The summed E-state index contributed by atoms with van der Waals surface area (Å²) in [5.74, 6) is -1.19. The van der Waals surface area contributed by atoms with E-state index >= 15 is 0 Å². The van der Waals surface area contributed by atoms with Gasteiger partial charge in [-0.25, -0.2) is 0 Å². The second-order valence-corrected chi connectivity index (χ2v) is 4.99. The fourth-order valence-electron chi connectivity index (χ4n) is 2.24. The Morgan fingerprint density at radius 2 is 2.10 bits per heavy atom. The molecule has 0 aliphatic heterocycles. The number of carboxylic acids is 1. The van der Waals surface area contributed by atoms with Gasteiger partial charge in [0, 0.05) is 24.5 Å². The molecule has 1 aromatic carbocycles. The van der Waals surface area contributed by atoms with E-state index in [4.69, 9.17) is 10.8 Å². The van der Waals surface area contributed by atoms with Gasteiger partial charge in [0.25, 0.3) is 5.91 Å². The lowest BCUT2D eigenvalue weighted by atomic mass is 10.2. The molecule has 0 bridgehead atoms. The van der Waals surface area contributed by atoms with Gasteiger partial charge in [0.05, 0.1) is 0 Å². The third-order valence-corrected chi connectivity index (χ3v) is 3.48. The van der Waals surface area contributed by atoms with Crippen LogP contribution in [0.4, 0.5) is 0 Å². The highest BCUT2D eigenvalue weighted by Gasteiger charge is 2.14. The molecule has 2 aromatic rings. The number of hydrogen-bond donors (Lipinski definition) is 3. The Balaban J connectivity index is 1.93. The number of aryl methyl sites for hydroxylation is 1. The van der Waals surface area contributed by atoms with Crippen LogP contribution in [0.15, 0.2) is 30.3 Å². The molecule has 0 spiro atoms. The largest absolute Gasteiger partial charge is 0.480 e. The maximum absolute atomic E-state index is 12.1. The Morgan fingerprint density at radius 3 is 2.76 bits per heavy atom. The van der Waals surface area contributed by atoms with E-state index < -0.39 is 12.0 Å². The van der Waals surface area contributed by atoms with Crippen molar-refractivity contribution in [1.29, 1.82) is 0 Å². The second-order valence-electron chi connectivity index (χ2n) is 4.99. The number of nitrogens with one attached hydrogen (secondary N) is 1. The predicted octanol–water partition coefficient (Wildman–Crippen LogP) is 1.10. The molecule has 0 saturated carbocycles. The van der Waals surface area contributed by atoms with E-state index in [2.05, 4.69) is 5.32 Å². The number of carbonyl (C=O) groups excluding carboxylic acids is 1. The van der Waals surface area contributed by atoms with Crippen molar-refractivity contribution in [2.75, 3.05) is 6.54 Å². The number of nitrogens with two attached hydrogens (primary N) is 1. The van der Waals surface area contributed by atoms with Crippen LogP contribution in [0.1, 0.15) is 23.3 Å². The average Bonchev–Trinajstić information content (AvgIpc) is 2.81. The summed E-state index contributed by atoms with van der Waals surface area (Å²) in [5.41, 5.74) is 6.98. The Morgan fingerprint density at radius 1 is 1.38 bits per heavy atom. The maximum atomic E-state index is 12.1. The zero-order valence-corrected chi connectivity index (χ0v) is 11.9. The molecule has 6 nitrogen and oxygen atoms in total. The highest BCUT2D eigenvalue weighted by molar-refractivity contribution is 5.98. The Bertz CT molecular complexity index is 663. The number of aromatic nitrogens is 1. The molecule has 0 fully saturated rings. The van der Waals surface area contributed by atoms with E-state index in [1.807, 2.05) is 41.9 Å². The fourth-order valence-corrected chi connectivity index (χ4v) is 2.24. The summed E-state index contributed by atoms with van der Waals surface area (Å²) in [6.45, 7) is 0.404. The zero-order chi connectivity index (χ0) is 15.4. The summed E-state index contributed by atoms with van der Waals surface area (Å²) < 4.78 is 1.84. The van der Waals surface area contributed by atoms with Crippen molar-refractivity contribution < 1.29 is 14.7 Å². The fraction of sp³-hybridized carbons (Fsp3) is 0.333. The van der Waals surface area contributed by atoms with Gasteiger partial charge in [-0.2, -0.15) is 0 Å². The minimum atomic E-state index is -1.02. The van der Waals surface area contributed by atoms with Gasteiger partial charge in [-0.15, -0.1) is 0 Å². The van der Waals surface area contributed by atoms with E-state index in [-0.39, 0.29) is 5.91 Å². The molecule has 112 valence electrons. The number of fused-ring (bicyclic) bond motifs is 1. The molecule has 1 heterocycles. The third kappa shape index (κ3) is 3.41. The second kappa shape index (κ2) is 6.41. The lowest BCUT2D eigenvalue weighted by Crippen LogP contribution is -2.32. The number of amides is 1. The van der Waals surface area contributed by atoms with Gasteiger partial charge >= 0.3 is 5.97 Å². The highest BCUT2D eigenvalue weighted by atomic mass is 16.4. The first-order valence-electron chi connectivity index (χ1n) is 6.81. The van der Waals surface area contributed by atoms with Gasteiger partial charge in [-0.3, -0.25) is 9.59 Å². The first-order chi connectivity index (χ1) is 10.0. The van der Waals surface area contributed by atoms with E-state index in [0.29, 0.717) is 25.1 Å². The zero-order valence-electron chi connectivity index (χ0n) is 11.9. The Labute approximate surface area is 122 Å². The number of para-hydroxylation sites is 1. The van der Waals surface area contributed by atoms with Gasteiger partial charge in [0.15, 0.2) is 0 Å². The number of rotatable bonds is 6. The van der Waals surface area contributed by atoms with Crippen molar-refractivity contribution in [3.8, 4) is 0 Å². The summed E-state index contributed by atoms with van der Waals surface area (Å²) in [6.07, 6.45) is 0.869. The number of benzene rings is 1. The third-order valence-electron chi connectivity index (χ3n) is 3.48. The molecular weight excluding hydrogens is 270 g/mol. The van der Waals surface area contributed by atoms with Crippen LogP contribution in [0.25, 0.3) is 10.9 Å². The van der Waals surface area contributed by atoms with Crippen LogP contribution < -0.4 is 11.1 Å². The molecule has 21 heavy (non-hydrogen) atoms. The standard InChI is InChI=1S/C15H19N3O3/c1-18-12-7-3-2-5-10(12)9-13(18)14(19)17-8-4-6-11(16)15(20)21/h2-3,5,7,9,11H,4,6,8,16H2,1H3,(H,17,19)(H,20,21). The summed E-state index contributed by atoms with van der Waals surface area (Å²) >= 11 is 0. The molecule has 0 aliphatic rings. The van der Waals surface area contributed by atoms with Crippen molar-refractivity contribution in [2.45, 2.75) is 18.9 Å². The van der Waals surface area contributed by atoms with Crippen LogP contribution >= 0.6 is 0 Å². The van der Waals surface area contributed by atoms with Gasteiger partial charge in [0.1, 0.15) is 11.7 Å². The average molecular weight is 289 g/mol. The van der Waals surface area contributed by atoms with Gasteiger partial charge in [-0.1, -0.05) is 18.2 Å². The lowest BCUT2D eigenvalue weighted by molar-refractivity contribution is -0.138. The normalized spacial score (nSPS) is 12.3. The van der Waals surface area contributed by atoms with Gasteiger partial charge in [-0.05, 0) is 25.0 Å². The molecule has 1 aromatic heterocycles. The Hall–Kier alpha value is -2.34. The van der Waals surface area contributed by atoms with Crippen molar-refractivity contribution in [1.82, 2.24) is 9.88 Å². The summed E-state index contributed by atoms with van der Waals surface area (Å²) in [4.78, 5) is 22.7. The number of aliphatic carboxylic acids is 1. The summed E-state index contributed by atoms with van der Waals surface area (Å²) in [6, 6.07) is 8.73. The Kier molecular flexibility index (Phi) is 4.59. The van der Waals surface area contributed by atoms with Crippen LogP contribution in [-0.2, 0) is 11.8 Å². The number of hydrogen-bond acceptors (Lipinski definition) is 3. The molecule has 1 amide bonds. The van der Waals surface area contributed by atoms with Crippen LogP contribution in [0.2, 0.25) is 0 Å². The SMILES string of the molecule is Cn1c(C(=O)NCCCC(N)C(=O)O)cc2ccccc21. The molecule has 0 aliphatic carbocycles. The quantitative estimate of drug-likeness (QED) is 0.694. The lowest BCUT2D eigenvalue weighted by Gasteiger charge is -2.08. The predicted molar refractivity (Wildman–Crippen MR) is 80.1 cm³/mol. The number of carboxylic acid groups (broad SMARTS) is 1. The molecule has 1 unspecified atom stereocenters. The first-order valence-corrected chi connectivity index (χ1v) is 6.81. The van der Waals surface area contributed by atoms with Crippen molar-refractivity contribution >= 4 is 22.8 Å². The van der Waals surface area contributed by atoms with E-state index in [1.54, 1.807) is 0 Å². The van der Waals surface area contributed by atoms with Gasteiger partial charge in [0.2, 0.25) is 0 Å². The molecule has 0 radical (unpaired) electrons. The molecule has 4 N–H and O–H groups in total. The molecule has 2 rings (SSSR count). The maximum Gasteiger partial charge on any atom is 0.320 e. The van der Waals surface area contributed by atoms with Crippen molar-refractivity contribution in [3.63, 3.8) is 0 Å².